The van der Waals surface area contributed by atoms with E-state index in [2.05, 4.69) is 15.3 Å². The van der Waals surface area contributed by atoms with Gasteiger partial charge in [0.2, 0.25) is 5.95 Å². The number of anilines is 2. The van der Waals surface area contributed by atoms with Crippen LogP contribution in [0.2, 0.25) is 5.02 Å². The monoisotopic (exact) mass is 329 g/mol. The minimum absolute atomic E-state index is 0.344. The first kappa shape index (κ1) is 15.4. The lowest BCUT2D eigenvalue weighted by molar-refractivity contribution is 0.0526. The number of hydrogen-bond donors (Lipinski definition) is 2. The van der Waals surface area contributed by atoms with E-state index in [1.165, 1.54) is 0 Å². The van der Waals surface area contributed by atoms with Crippen molar-refractivity contribution >= 4 is 40.2 Å². The fourth-order valence-corrected chi connectivity index (χ4v) is 2.40. The second-order valence-electron chi connectivity index (χ2n) is 5.13. The Morgan fingerprint density at radius 2 is 2.13 bits per heavy atom. The van der Waals surface area contributed by atoms with E-state index in [1.807, 2.05) is 25.1 Å². The molecule has 118 valence electrons. The molecule has 23 heavy (non-hydrogen) atoms. The number of carbonyl (C=O) groups is 1. The van der Waals surface area contributed by atoms with Crippen LogP contribution in [-0.2, 0) is 4.74 Å². The third kappa shape index (κ3) is 3.29. The van der Waals surface area contributed by atoms with Crippen molar-refractivity contribution in [2.45, 2.75) is 13.8 Å². The summed E-state index contributed by atoms with van der Waals surface area (Å²) in [7, 11) is 0. The van der Waals surface area contributed by atoms with Crippen molar-refractivity contribution in [3.8, 4) is 0 Å². The molecule has 2 aromatic carbocycles. The number of esters is 1. The summed E-state index contributed by atoms with van der Waals surface area (Å²) in [6, 6.07) is 10.9. The first-order valence-electron chi connectivity index (χ1n) is 7.27. The molecule has 3 aromatic rings. The number of halogens is 1. The van der Waals surface area contributed by atoms with Crippen LogP contribution in [-0.4, -0.2) is 22.5 Å². The van der Waals surface area contributed by atoms with Crippen molar-refractivity contribution in [3.05, 3.63) is 52.5 Å². The number of hydrogen-bond acceptors (Lipinski definition) is 4. The van der Waals surface area contributed by atoms with Crippen LogP contribution in [0.3, 0.4) is 0 Å². The number of nitrogens with zero attached hydrogens (tertiary/aromatic N) is 1. The minimum atomic E-state index is -0.344. The molecule has 2 N–H and O–H groups in total. The number of carbonyl (C=O) groups excluding carboxylic acids is 1. The molecule has 0 bridgehead atoms. The summed E-state index contributed by atoms with van der Waals surface area (Å²) in [4.78, 5) is 19.4. The lowest BCUT2D eigenvalue weighted by Crippen LogP contribution is -2.04. The average Bonchev–Trinajstić information content (AvgIpc) is 2.92. The fraction of sp³-hybridized carbons (Fsp3) is 0.176. The van der Waals surface area contributed by atoms with E-state index in [0.29, 0.717) is 23.1 Å². The Morgan fingerprint density at radius 3 is 2.87 bits per heavy atom. The molecule has 1 aromatic heterocycles. The molecule has 0 amide bonds. The molecule has 0 aliphatic heterocycles. The number of ether oxygens (including phenoxy) is 1. The number of fused-ring (bicyclic) bond motifs is 1. The normalized spacial score (nSPS) is 10.7. The van der Waals surface area contributed by atoms with E-state index in [9.17, 15) is 4.79 Å². The second-order valence-corrected chi connectivity index (χ2v) is 5.53. The fourth-order valence-electron chi connectivity index (χ4n) is 2.22. The lowest BCUT2D eigenvalue weighted by atomic mass is 10.2. The lowest BCUT2D eigenvalue weighted by Gasteiger charge is -2.04. The Labute approximate surface area is 138 Å². The molecule has 0 aliphatic carbocycles. The van der Waals surface area contributed by atoms with Gasteiger partial charge in [0, 0.05) is 10.7 Å². The van der Waals surface area contributed by atoms with Crippen molar-refractivity contribution in [2.75, 3.05) is 11.9 Å². The topological polar surface area (TPSA) is 67.0 Å². The highest BCUT2D eigenvalue weighted by Gasteiger charge is 2.10. The number of rotatable bonds is 4. The zero-order chi connectivity index (χ0) is 16.4. The van der Waals surface area contributed by atoms with Crippen LogP contribution in [0.4, 0.5) is 11.6 Å². The van der Waals surface area contributed by atoms with E-state index in [4.69, 9.17) is 16.3 Å². The molecule has 0 radical (unpaired) electrons. The molecule has 0 saturated carbocycles. The number of imidazole rings is 1. The molecule has 0 unspecified atom stereocenters. The van der Waals surface area contributed by atoms with Crippen LogP contribution in [0, 0.1) is 6.92 Å². The largest absolute Gasteiger partial charge is 0.462 e. The highest BCUT2D eigenvalue weighted by molar-refractivity contribution is 6.31. The molecule has 5 nitrogen and oxygen atoms in total. The first-order chi connectivity index (χ1) is 11.1. The van der Waals surface area contributed by atoms with Gasteiger partial charge in [0.1, 0.15) is 0 Å². The number of benzene rings is 2. The Morgan fingerprint density at radius 1 is 1.30 bits per heavy atom. The van der Waals surface area contributed by atoms with E-state index in [1.54, 1.807) is 25.1 Å². The summed E-state index contributed by atoms with van der Waals surface area (Å²) >= 11 is 6.12. The molecule has 0 saturated heterocycles. The Bertz CT molecular complexity index is 873. The van der Waals surface area contributed by atoms with Crippen LogP contribution in [0.5, 0.6) is 0 Å². The quantitative estimate of drug-likeness (QED) is 0.694. The van der Waals surface area contributed by atoms with Crippen molar-refractivity contribution < 1.29 is 9.53 Å². The predicted octanol–water partition coefficient (Wildman–Crippen LogP) is 4.45. The minimum Gasteiger partial charge on any atom is -0.462 e. The van der Waals surface area contributed by atoms with Crippen LogP contribution >= 0.6 is 11.6 Å². The Balaban J connectivity index is 1.87. The summed E-state index contributed by atoms with van der Waals surface area (Å²) < 4.78 is 5.00. The zero-order valence-corrected chi connectivity index (χ0v) is 13.6. The maximum Gasteiger partial charge on any atom is 0.338 e. The smallest absolute Gasteiger partial charge is 0.338 e. The molecular weight excluding hydrogens is 314 g/mol. The zero-order valence-electron chi connectivity index (χ0n) is 12.8. The number of aromatic amines is 1. The maximum absolute atomic E-state index is 11.8. The standard InChI is InChI=1S/C17H16ClN3O2/c1-3-23-16(22)11-5-7-14-15(8-11)21-17(20-14)19-12-6-4-10(2)13(18)9-12/h4-9H,3H2,1-2H3,(H2,19,20,21). The Kier molecular flexibility index (Phi) is 4.21. The molecular formula is C17H16ClN3O2. The van der Waals surface area contributed by atoms with Gasteiger partial charge in [-0.3, -0.25) is 0 Å². The van der Waals surface area contributed by atoms with Crippen molar-refractivity contribution in [1.29, 1.82) is 0 Å². The van der Waals surface area contributed by atoms with Crippen molar-refractivity contribution in [3.63, 3.8) is 0 Å². The molecule has 0 atom stereocenters. The summed E-state index contributed by atoms with van der Waals surface area (Å²) in [5.74, 6) is 0.241. The number of nitrogens with one attached hydrogen (secondary N) is 2. The van der Waals surface area contributed by atoms with Crippen LogP contribution in [0.1, 0.15) is 22.8 Å². The molecule has 0 aliphatic rings. The van der Waals surface area contributed by atoms with Gasteiger partial charge in [-0.05, 0) is 49.7 Å². The number of H-pyrrole nitrogens is 1. The van der Waals surface area contributed by atoms with Gasteiger partial charge in [0.25, 0.3) is 0 Å². The third-order valence-electron chi connectivity index (χ3n) is 3.43. The molecule has 0 spiro atoms. The van der Waals surface area contributed by atoms with Crippen molar-refractivity contribution in [2.24, 2.45) is 0 Å². The summed E-state index contributed by atoms with van der Waals surface area (Å²) in [5, 5.41) is 3.86. The maximum atomic E-state index is 11.8. The van der Waals surface area contributed by atoms with Gasteiger partial charge in [-0.2, -0.15) is 0 Å². The van der Waals surface area contributed by atoms with Crippen LogP contribution in [0.25, 0.3) is 11.0 Å². The van der Waals surface area contributed by atoms with Gasteiger partial charge in [0.05, 0.1) is 23.2 Å². The summed E-state index contributed by atoms with van der Waals surface area (Å²) in [6.07, 6.45) is 0. The van der Waals surface area contributed by atoms with Gasteiger partial charge < -0.3 is 15.0 Å². The van der Waals surface area contributed by atoms with Crippen molar-refractivity contribution in [1.82, 2.24) is 9.97 Å². The second kappa shape index (κ2) is 6.30. The first-order valence-corrected chi connectivity index (χ1v) is 7.64. The average molecular weight is 330 g/mol. The molecule has 6 heteroatoms. The van der Waals surface area contributed by atoms with E-state index in [0.717, 1.165) is 22.3 Å². The Hall–Kier alpha value is -2.53. The molecule has 0 fully saturated rings. The summed E-state index contributed by atoms with van der Waals surface area (Å²) in [6.45, 7) is 4.08. The van der Waals surface area contributed by atoms with Gasteiger partial charge >= 0.3 is 5.97 Å². The SMILES string of the molecule is CCOC(=O)c1ccc2nc(Nc3ccc(C)c(Cl)c3)[nH]c2c1. The van der Waals surface area contributed by atoms with Gasteiger partial charge in [-0.25, -0.2) is 9.78 Å². The van der Waals surface area contributed by atoms with E-state index >= 15 is 0 Å². The van der Waals surface area contributed by atoms with Gasteiger partial charge in [-0.1, -0.05) is 17.7 Å². The van der Waals surface area contributed by atoms with Crippen LogP contribution < -0.4 is 5.32 Å². The highest BCUT2D eigenvalue weighted by Crippen LogP contribution is 2.24. The molecule has 1 heterocycles. The van der Waals surface area contributed by atoms with Crippen LogP contribution in [0.15, 0.2) is 36.4 Å². The number of aryl methyl sites for hydroxylation is 1. The predicted molar refractivity (Wildman–Crippen MR) is 91.5 cm³/mol. The van der Waals surface area contributed by atoms with Gasteiger partial charge in [0.15, 0.2) is 0 Å². The number of aromatic nitrogens is 2. The summed E-state index contributed by atoms with van der Waals surface area (Å²) in [5.41, 5.74) is 3.87. The van der Waals surface area contributed by atoms with E-state index in [-0.39, 0.29) is 5.97 Å². The highest BCUT2D eigenvalue weighted by atomic mass is 35.5. The van der Waals surface area contributed by atoms with Gasteiger partial charge in [-0.15, -0.1) is 0 Å². The third-order valence-corrected chi connectivity index (χ3v) is 3.83. The van der Waals surface area contributed by atoms with E-state index < -0.39 is 0 Å². The molecule has 3 rings (SSSR count).